The summed E-state index contributed by atoms with van der Waals surface area (Å²) < 4.78 is 10.6. The Bertz CT molecular complexity index is 509. The van der Waals surface area contributed by atoms with Gasteiger partial charge >= 0.3 is 5.97 Å². The zero-order chi connectivity index (χ0) is 13.0. The Morgan fingerprint density at radius 3 is 2.83 bits per heavy atom. The van der Waals surface area contributed by atoms with E-state index in [4.69, 9.17) is 9.15 Å². The average Bonchev–Trinajstić information content (AvgIpc) is 2.90. The van der Waals surface area contributed by atoms with E-state index in [9.17, 15) is 9.90 Å². The van der Waals surface area contributed by atoms with E-state index in [0.29, 0.717) is 11.5 Å². The number of aromatic nitrogens is 1. The van der Waals surface area contributed by atoms with Gasteiger partial charge in [0.05, 0.1) is 12.0 Å². The summed E-state index contributed by atoms with van der Waals surface area (Å²) in [6, 6.07) is 8.51. The van der Waals surface area contributed by atoms with Gasteiger partial charge in [-0.15, -0.1) is 0 Å². The normalized spacial score (nSPS) is 14.1. The van der Waals surface area contributed by atoms with Crippen molar-refractivity contribution in [2.75, 3.05) is 0 Å². The van der Waals surface area contributed by atoms with Crippen LogP contribution in [-0.2, 0) is 21.7 Å². The number of rotatable bonds is 5. The molecule has 2 aromatic rings. The van der Waals surface area contributed by atoms with E-state index >= 15 is 0 Å². The van der Waals surface area contributed by atoms with Crippen molar-refractivity contribution in [2.24, 2.45) is 0 Å². The molecule has 0 bridgehead atoms. The number of furan rings is 1. The van der Waals surface area contributed by atoms with E-state index in [1.165, 1.54) is 19.4 Å². The molecule has 0 aliphatic heterocycles. The third-order valence-electron chi connectivity index (χ3n) is 2.64. The van der Waals surface area contributed by atoms with E-state index in [1.807, 2.05) is 0 Å². The highest BCUT2D eigenvalue weighted by molar-refractivity contribution is 5.78. The molecule has 2 heterocycles. The van der Waals surface area contributed by atoms with Crippen LogP contribution in [0.2, 0.25) is 0 Å². The lowest BCUT2D eigenvalue weighted by Gasteiger charge is -2.24. The van der Waals surface area contributed by atoms with Gasteiger partial charge in [0, 0.05) is 6.20 Å². The van der Waals surface area contributed by atoms with Gasteiger partial charge in [-0.3, -0.25) is 4.98 Å². The van der Waals surface area contributed by atoms with E-state index < -0.39 is 11.6 Å². The smallest absolute Gasteiger partial charge is 0.342 e. The summed E-state index contributed by atoms with van der Waals surface area (Å²) in [5.74, 6) is -0.522. The van der Waals surface area contributed by atoms with E-state index in [0.717, 1.165) is 0 Å². The molecule has 0 amide bonds. The van der Waals surface area contributed by atoms with Crippen LogP contribution in [0.4, 0.5) is 0 Å². The minimum atomic E-state index is -1.49. The first-order valence-corrected chi connectivity index (χ1v) is 5.44. The first-order valence-electron chi connectivity index (χ1n) is 5.44. The second kappa shape index (κ2) is 5.01. The lowest BCUT2D eigenvalue weighted by atomic mass is 10.0. The highest BCUT2D eigenvalue weighted by atomic mass is 16.5. The maximum absolute atomic E-state index is 11.4. The van der Waals surface area contributed by atoms with Crippen molar-refractivity contribution in [3.05, 3.63) is 54.2 Å². The molecule has 0 aliphatic rings. The lowest BCUT2D eigenvalue weighted by Crippen LogP contribution is -2.36. The molecule has 2 aromatic heterocycles. The van der Waals surface area contributed by atoms with Crippen molar-refractivity contribution in [3.63, 3.8) is 0 Å². The highest BCUT2D eigenvalue weighted by Crippen LogP contribution is 2.25. The quantitative estimate of drug-likeness (QED) is 0.876. The summed E-state index contributed by atoms with van der Waals surface area (Å²) in [6.07, 6.45) is 3.05. The van der Waals surface area contributed by atoms with Gasteiger partial charge in [0.15, 0.2) is 0 Å². The van der Waals surface area contributed by atoms with Crippen LogP contribution in [0.1, 0.15) is 18.4 Å². The van der Waals surface area contributed by atoms with Crippen LogP contribution in [0, 0.1) is 0 Å². The van der Waals surface area contributed by atoms with Gasteiger partial charge in [-0.2, -0.15) is 0 Å². The predicted octanol–water partition coefficient (Wildman–Crippen LogP) is 2.19. The Morgan fingerprint density at radius 2 is 2.28 bits per heavy atom. The van der Waals surface area contributed by atoms with Gasteiger partial charge in [-0.1, -0.05) is 6.07 Å². The van der Waals surface area contributed by atoms with E-state index in [2.05, 4.69) is 4.98 Å². The third kappa shape index (κ3) is 2.41. The van der Waals surface area contributed by atoms with Crippen LogP contribution in [0.15, 0.2) is 47.2 Å². The van der Waals surface area contributed by atoms with Crippen molar-refractivity contribution in [1.29, 1.82) is 0 Å². The number of hydrogen-bond acceptors (Lipinski definition) is 4. The fourth-order valence-corrected chi connectivity index (χ4v) is 1.50. The molecule has 1 atom stereocenters. The topological polar surface area (TPSA) is 72.6 Å². The van der Waals surface area contributed by atoms with Crippen molar-refractivity contribution < 1.29 is 19.1 Å². The number of nitrogens with zero attached hydrogens (tertiary/aromatic N) is 1. The molecule has 2 rings (SSSR count). The second-order valence-electron chi connectivity index (χ2n) is 3.92. The minimum absolute atomic E-state index is 0.0758. The Hall–Kier alpha value is -2.14. The summed E-state index contributed by atoms with van der Waals surface area (Å²) >= 11 is 0. The van der Waals surface area contributed by atoms with Crippen molar-refractivity contribution >= 4 is 5.97 Å². The molecule has 1 unspecified atom stereocenters. The summed E-state index contributed by atoms with van der Waals surface area (Å²) in [5, 5.41) is 9.32. The van der Waals surface area contributed by atoms with Gasteiger partial charge < -0.3 is 14.3 Å². The molecule has 0 fully saturated rings. The maximum atomic E-state index is 11.4. The van der Waals surface area contributed by atoms with Crippen molar-refractivity contribution in [3.8, 4) is 0 Å². The zero-order valence-electron chi connectivity index (χ0n) is 9.87. The fourth-order valence-electron chi connectivity index (χ4n) is 1.50. The average molecular weight is 247 g/mol. The molecule has 94 valence electrons. The van der Waals surface area contributed by atoms with Gasteiger partial charge in [0.2, 0.25) is 5.60 Å². The largest absolute Gasteiger partial charge is 0.479 e. The van der Waals surface area contributed by atoms with Gasteiger partial charge in [0.1, 0.15) is 12.4 Å². The lowest BCUT2D eigenvalue weighted by molar-refractivity contribution is -0.168. The highest BCUT2D eigenvalue weighted by Gasteiger charge is 2.38. The molecule has 5 nitrogen and oxygen atoms in total. The molecule has 18 heavy (non-hydrogen) atoms. The molecular formula is C13H13NO4. The number of carboxylic acid groups (broad SMARTS) is 1. The second-order valence-corrected chi connectivity index (χ2v) is 3.92. The summed E-state index contributed by atoms with van der Waals surface area (Å²) in [6.45, 7) is 1.55. The van der Waals surface area contributed by atoms with Crippen LogP contribution in [0.3, 0.4) is 0 Å². The Labute approximate surface area is 104 Å². The summed E-state index contributed by atoms with van der Waals surface area (Å²) in [4.78, 5) is 15.4. The van der Waals surface area contributed by atoms with E-state index in [-0.39, 0.29) is 6.61 Å². The monoisotopic (exact) mass is 247 g/mol. The van der Waals surface area contributed by atoms with Gasteiger partial charge in [-0.05, 0) is 31.2 Å². The van der Waals surface area contributed by atoms with Crippen LogP contribution in [0.25, 0.3) is 0 Å². The first-order chi connectivity index (χ1) is 8.63. The number of aliphatic carboxylic acids is 1. The van der Waals surface area contributed by atoms with Crippen LogP contribution in [-0.4, -0.2) is 16.1 Å². The first kappa shape index (κ1) is 12.3. The summed E-state index contributed by atoms with van der Waals surface area (Å²) in [5.41, 5.74) is -1.14. The Balaban J connectivity index is 2.20. The number of pyridine rings is 1. The van der Waals surface area contributed by atoms with Crippen LogP contribution in [0.5, 0.6) is 0 Å². The Morgan fingerprint density at radius 1 is 1.44 bits per heavy atom. The number of ether oxygens (including phenoxy) is 1. The standard InChI is InChI=1S/C13H13NO4/c1-13(12(15)16,11-6-2-3-7-14-11)18-9-10-5-4-8-17-10/h2-8H,9H2,1H3,(H,15,16). The zero-order valence-corrected chi connectivity index (χ0v) is 9.87. The SMILES string of the molecule is CC(OCc1ccco1)(C(=O)O)c1ccccn1. The van der Waals surface area contributed by atoms with Gasteiger partial charge in [0.25, 0.3) is 0 Å². The van der Waals surface area contributed by atoms with Crippen LogP contribution >= 0.6 is 0 Å². The predicted molar refractivity (Wildman–Crippen MR) is 62.7 cm³/mol. The molecule has 0 radical (unpaired) electrons. The number of carboxylic acids is 1. The molecule has 0 saturated carbocycles. The van der Waals surface area contributed by atoms with E-state index in [1.54, 1.807) is 30.3 Å². The van der Waals surface area contributed by atoms with Crippen LogP contribution < -0.4 is 0 Å². The van der Waals surface area contributed by atoms with Gasteiger partial charge in [-0.25, -0.2) is 4.79 Å². The molecule has 0 spiro atoms. The Kier molecular flexibility index (Phi) is 3.43. The molecule has 0 aliphatic carbocycles. The molecule has 0 aromatic carbocycles. The molecule has 0 saturated heterocycles. The molecule has 1 N–H and O–H groups in total. The third-order valence-corrected chi connectivity index (χ3v) is 2.64. The molecular weight excluding hydrogens is 234 g/mol. The fraction of sp³-hybridized carbons (Fsp3) is 0.231. The van der Waals surface area contributed by atoms with Crippen molar-refractivity contribution in [1.82, 2.24) is 4.98 Å². The maximum Gasteiger partial charge on any atom is 0.342 e. The van der Waals surface area contributed by atoms with Crippen molar-refractivity contribution in [2.45, 2.75) is 19.1 Å². The molecule has 5 heteroatoms. The number of carbonyl (C=O) groups is 1. The summed E-state index contributed by atoms with van der Waals surface area (Å²) in [7, 11) is 0. The minimum Gasteiger partial charge on any atom is -0.479 e. The number of hydrogen-bond donors (Lipinski definition) is 1.